The Kier molecular flexibility index (Phi) is 12.3. The molecule has 4 nitrogen and oxygen atoms in total. The summed E-state index contributed by atoms with van der Waals surface area (Å²) in [6, 6.07) is 5.72. The Morgan fingerprint density at radius 2 is 1.19 bits per heavy atom. The molecule has 0 radical (unpaired) electrons. The molecule has 0 N–H and O–H groups in total. The molecule has 1 rings (SSSR count). The number of rotatable bonds is 11. The summed E-state index contributed by atoms with van der Waals surface area (Å²) in [6.07, 6.45) is -0.321. The highest BCUT2D eigenvalue weighted by molar-refractivity contribution is 7.87. The number of hydrogen-bond acceptors (Lipinski definition) is 4. The summed E-state index contributed by atoms with van der Waals surface area (Å²) in [6.45, 7) is 0. The van der Waals surface area contributed by atoms with Crippen LogP contribution in [0.25, 0.3) is 0 Å². The number of pyridine rings is 1. The second-order valence-electron chi connectivity index (χ2n) is 5.77. The van der Waals surface area contributed by atoms with Gasteiger partial charge in [-0.1, -0.05) is 42.6 Å². The van der Waals surface area contributed by atoms with Gasteiger partial charge in [-0.05, 0) is 29.5 Å². The van der Waals surface area contributed by atoms with E-state index >= 15 is 0 Å². The molecule has 0 spiro atoms. The molecule has 0 saturated carbocycles. The maximum absolute atomic E-state index is 12.9. The Hall–Kier alpha value is -1.36. The van der Waals surface area contributed by atoms with Gasteiger partial charge in [0, 0.05) is 25.2 Å². The number of hydrogen-bond donors (Lipinski definition) is 0. The van der Waals surface area contributed by atoms with Crippen molar-refractivity contribution in [3.05, 3.63) is 30.6 Å². The third kappa shape index (κ3) is 13.5. The van der Waals surface area contributed by atoms with E-state index in [0.717, 1.165) is 0 Å². The van der Waals surface area contributed by atoms with E-state index in [1.807, 2.05) is 18.2 Å². The molecule has 0 saturated heterocycles. The zero-order chi connectivity index (χ0) is 20.8. The van der Waals surface area contributed by atoms with Crippen molar-refractivity contribution in [1.29, 1.82) is 0 Å². The van der Waals surface area contributed by atoms with Crippen LogP contribution in [0.15, 0.2) is 30.6 Å². The third-order valence-electron chi connectivity index (χ3n) is 3.44. The normalized spacial score (nSPS) is 12.4. The van der Waals surface area contributed by atoms with Gasteiger partial charge in [0.25, 0.3) is 0 Å². The van der Waals surface area contributed by atoms with Crippen molar-refractivity contribution in [2.75, 3.05) is 0 Å². The van der Waals surface area contributed by atoms with Gasteiger partial charge < -0.3 is 0 Å². The summed E-state index contributed by atoms with van der Waals surface area (Å²) in [4.78, 5) is 3.78. The molecule has 0 aliphatic rings. The van der Waals surface area contributed by atoms with Crippen molar-refractivity contribution in [3.63, 3.8) is 0 Å². The summed E-state index contributed by atoms with van der Waals surface area (Å²) in [7, 11) is -5.52. The summed E-state index contributed by atoms with van der Waals surface area (Å²) < 4.78 is 96.0. The van der Waals surface area contributed by atoms with Crippen molar-refractivity contribution in [1.82, 2.24) is 4.98 Å². The lowest BCUT2D eigenvalue weighted by Gasteiger charge is -2.12. The minimum atomic E-state index is -5.52. The fourth-order valence-electron chi connectivity index (χ4n) is 2.02. The SMILES string of the molecule is O=S(=O)(OF)C(F)(F)CCCCCCCCCC(F)(F)F.c1ccncc1. The van der Waals surface area contributed by atoms with Crippen LogP contribution in [0.2, 0.25) is 0 Å². The quantitative estimate of drug-likeness (QED) is 0.325. The minimum absolute atomic E-state index is 0.0354. The van der Waals surface area contributed by atoms with Gasteiger partial charge in [-0.15, -0.1) is 0 Å². The molecule has 158 valence electrons. The van der Waals surface area contributed by atoms with Gasteiger partial charge in [0.15, 0.2) is 0 Å². The molecule has 0 fully saturated rings. The van der Waals surface area contributed by atoms with Gasteiger partial charge in [0.2, 0.25) is 0 Å². The molecule has 0 aliphatic heterocycles. The zero-order valence-corrected chi connectivity index (χ0v) is 15.4. The van der Waals surface area contributed by atoms with E-state index in [9.17, 15) is 34.9 Å². The van der Waals surface area contributed by atoms with E-state index in [1.54, 1.807) is 12.4 Å². The zero-order valence-electron chi connectivity index (χ0n) is 14.6. The smallest absolute Gasteiger partial charge is 0.265 e. The fourth-order valence-corrected chi connectivity index (χ4v) is 2.51. The molecule has 1 aromatic rings. The van der Waals surface area contributed by atoms with Crippen LogP contribution in [-0.4, -0.2) is 24.8 Å². The van der Waals surface area contributed by atoms with E-state index in [-0.39, 0.29) is 19.3 Å². The number of aromatic nitrogens is 1. The molecule has 27 heavy (non-hydrogen) atoms. The first-order chi connectivity index (χ1) is 12.5. The van der Waals surface area contributed by atoms with E-state index in [4.69, 9.17) is 0 Å². The Bertz CT molecular complexity index is 555. The van der Waals surface area contributed by atoms with Gasteiger partial charge in [-0.2, -0.15) is 30.4 Å². The number of unbranched alkanes of at least 4 members (excludes halogenated alkanes) is 6. The third-order valence-corrected chi connectivity index (χ3v) is 4.54. The lowest BCUT2D eigenvalue weighted by Crippen LogP contribution is -2.28. The van der Waals surface area contributed by atoms with Crippen molar-refractivity contribution in [2.24, 2.45) is 0 Å². The van der Waals surface area contributed by atoms with Crippen LogP contribution < -0.4 is 0 Å². The molecule has 11 heteroatoms. The van der Waals surface area contributed by atoms with Gasteiger partial charge in [-0.25, -0.2) is 0 Å². The van der Waals surface area contributed by atoms with Crippen molar-refractivity contribution >= 4 is 10.1 Å². The first-order valence-electron chi connectivity index (χ1n) is 8.36. The Morgan fingerprint density at radius 3 is 1.52 bits per heavy atom. The maximum atomic E-state index is 12.9. The molecule has 0 bridgehead atoms. The topological polar surface area (TPSA) is 56.3 Å². The van der Waals surface area contributed by atoms with Crippen LogP contribution in [0.3, 0.4) is 0 Å². The number of alkyl halides is 5. The van der Waals surface area contributed by atoms with Crippen LogP contribution in [0, 0.1) is 0 Å². The summed E-state index contributed by atoms with van der Waals surface area (Å²) in [5, 5.41) is -4.27. The average molecular weight is 423 g/mol. The first kappa shape index (κ1) is 25.6. The Labute approximate surface area is 155 Å². The highest BCUT2D eigenvalue weighted by Gasteiger charge is 2.46. The van der Waals surface area contributed by atoms with Crippen LogP contribution >= 0.6 is 0 Å². The van der Waals surface area contributed by atoms with Crippen LogP contribution in [0.5, 0.6) is 0 Å². The largest absolute Gasteiger partial charge is 0.389 e. The van der Waals surface area contributed by atoms with Crippen molar-refractivity contribution in [3.8, 4) is 0 Å². The van der Waals surface area contributed by atoms with Crippen LogP contribution in [0.1, 0.15) is 57.8 Å². The standard InChI is InChI=1S/C11H18F6O3S.C5H5N/c12-10(13,14)8-6-4-2-1-3-5-7-9-11(15,16)21(18,19)20-17;1-2-4-6-5-3-1/h1-9H2;1-5H. The van der Waals surface area contributed by atoms with E-state index < -0.39 is 34.4 Å². The fraction of sp³-hybridized carbons (Fsp3) is 0.688. The lowest BCUT2D eigenvalue weighted by molar-refractivity contribution is -0.135. The molecule has 0 aromatic carbocycles. The average Bonchev–Trinajstić information content (AvgIpc) is 2.61. The second-order valence-corrected chi connectivity index (χ2v) is 7.40. The number of nitrogens with zero attached hydrogens (tertiary/aromatic N) is 1. The monoisotopic (exact) mass is 423 g/mol. The first-order valence-corrected chi connectivity index (χ1v) is 9.77. The summed E-state index contributed by atoms with van der Waals surface area (Å²) in [5.41, 5.74) is 0. The molecule has 0 aliphatic carbocycles. The van der Waals surface area contributed by atoms with E-state index in [0.29, 0.717) is 25.7 Å². The molecule has 1 heterocycles. The Balaban J connectivity index is 0.000000941. The lowest BCUT2D eigenvalue weighted by atomic mass is 10.1. The van der Waals surface area contributed by atoms with Crippen LogP contribution in [-0.2, 0) is 14.5 Å². The molecule has 0 amide bonds. The van der Waals surface area contributed by atoms with Gasteiger partial charge in [0.05, 0.1) is 0 Å². The summed E-state index contributed by atoms with van der Waals surface area (Å²) in [5.74, 6) is 0. The summed E-state index contributed by atoms with van der Waals surface area (Å²) >= 11 is 0. The molecule has 1 aromatic heterocycles. The van der Waals surface area contributed by atoms with E-state index in [1.165, 1.54) is 0 Å². The Morgan fingerprint density at radius 1 is 0.741 bits per heavy atom. The molecular formula is C16H23F6NO3S. The second kappa shape index (κ2) is 12.9. The maximum Gasteiger partial charge on any atom is 0.389 e. The van der Waals surface area contributed by atoms with Crippen LogP contribution in [0.4, 0.5) is 26.5 Å². The van der Waals surface area contributed by atoms with Crippen molar-refractivity contribution < 1.29 is 39.3 Å². The van der Waals surface area contributed by atoms with E-state index in [2.05, 4.69) is 9.37 Å². The van der Waals surface area contributed by atoms with Crippen molar-refractivity contribution in [2.45, 2.75) is 69.2 Å². The number of halogens is 6. The predicted octanol–water partition coefficient (Wildman–Crippen LogP) is 5.96. The predicted molar refractivity (Wildman–Crippen MR) is 87.9 cm³/mol. The molecule has 0 unspecified atom stereocenters. The van der Waals surface area contributed by atoms with Gasteiger partial charge >= 0.3 is 21.5 Å². The highest BCUT2D eigenvalue weighted by atomic mass is 32.2. The minimum Gasteiger partial charge on any atom is -0.265 e. The highest BCUT2D eigenvalue weighted by Crippen LogP contribution is 2.30. The molecule has 0 atom stereocenters. The van der Waals surface area contributed by atoms with Gasteiger partial charge in [-0.3, -0.25) is 4.98 Å². The van der Waals surface area contributed by atoms with Gasteiger partial charge in [0.1, 0.15) is 0 Å². The molecular weight excluding hydrogens is 400 g/mol.